The van der Waals surface area contributed by atoms with Crippen LogP contribution in [0.15, 0.2) is 36.7 Å². The summed E-state index contributed by atoms with van der Waals surface area (Å²) in [4.78, 5) is 19.5. The average Bonchev–Trinajstić information content (AvgIpc) is 3.08. The molecule has 0 spiro atoms. The van der Waals surface area contributed by atoms with E-state index in [2.05, 4.69) is 14.3 Å². The molecule has 0 radical (unpaired) electrons. The van der Waals surface area contributed by atoms with E-state index in [1.54, 1.807) is 23.5 Å². The van der Waals surface area contributed by atoms with Crippen molar-refractivity contribution < 1.29 is 4.92 Å². The van der Waals surface area contributed by atoms with E-state index in [0.717, 1.165) is 36.6 Å². The van der Waals surface area contributed by atoms with E-state index in [-0.39, 0.29) is 10.6 Å². The maximum absolute atomic E-state index is 10.7. The first-order valence-corrected chi connectivity index (χ1v) is 7.91. The first-order chi connectivity index (χ1) is 10.7. The van der Waals surface area contributed by atoms with Crippen molar-refractivity contribution in [2.24, 2.45) is 0 Å². The number of rotatable bonds is 3. The van der Waals surface area contributed by atoms with Crippen LogP contribution in [0.4, 0.5) is 5.69 Å². The van der Waals surface area contributed by atoms with Gasteiger partial charge in [-0.25, -0.2) is 4.98 Å². The lowest BCUT2D eigenvalue weighted by Gasteiger charge is -2.26. The Labute approximate surface area is 130 Å². The Kier molecular flexibility index (Phi) is 3.16. The van der Waals surface area contributed by atoms with E-state index in [0.29, 0.717) is 0 Å². The van der Waals surface area contributed by atoms with Gasteiger partial charge in [0, 0.05) is 61.2 Å². The second-order valence-electron chi connectivity index (χ2n) is 5.44. The number of benzene rings is 1. The maximum atomic E-state index is 10.7. The second kappa shape index (κ2) is 5.19. The number of hydrogen-bond acceptors (Lipinski definition) is 5. The number of thiazole rings is 1. The summed E-state index contributed by atoms with van der Waals surface area (Å²) < 4.78 is 2.18. The minimum absolute atomic E-state index is 0.143. The van der Waals surface area contributed by atoms with Crippen LogP contribution in [0.5, 0.6) is 0 Å². The van der Waals surface area contributed by atoms with Crippen LogP contribution in [0.3, 0.4) is 0 Å². The summed E-state index contributed by atoms with van der Waals surface area (Å²) in [6.45, 7) is 2.73. The highest BCUT2D eigenvalue weighted by molar-refractivity contribution is 7.17. The van der Waals surface area contributed by atoms with Crippen LogP contribution in [0.25, 0.3) is 4.96 Å². The van der Waals surface area contributed by atoms with E-state index in [9.17, 15) is 10.1 Å². The van der Waals surface area contributed by atoms with Crippen LogP contribution >= 0.6 is 11.3 Å². The molecule has 1 aliphatic rings. The molecule has 3 aromatic rings. The molecule has 0 atom stereocenters. The Balaban J connectivity index is 1.51. The molecule has 0 unspecified atom stereocenters. The molecular weight excluding hydrogens is 300 g/mol. The molecular formula is C15H14N4O2S. The van der Waals surface area contributed by atoms with E-state index in [4.69, 9.17) is 0 Å². The van der Waals surface area contributed by atoms with Gasteiger partial charge in [0.15, 0.2) is 4.96 Å². The molecule has 1 aliphatic heterocycles. The number of imidazole rings is 1. The first kappa shape index (κ1) is 13.4. The zero-order valence-corrected chi connectivity index (χ0v) is 12.6. The fourth-order valence-corrected chi connectivity index (χ4v) is 4.09. The minimum atomic E-state index is -0.363. The molecule has 0 saturated carbocycles. The fraction of sp³-hybridized carbons (Fsp3) is 0.267. The molecule has 6 nitrogen and oxygen atoms in total. The molecule has 2 aromatic heterocycles. The molecule has 0 aliphatic carbocycles. The van der Waals surface area contributed by atoms with Crippen LogP contribution in [0.1, 0.15) is 16.1 Å². The molecule has 22 heavy (non-hydrogen) atoms. The van der Waals surface area contributed by atoms with Crippen molar-refractivity contribution in [3.05, 3.63) is 62.9 Å². The van der Waals surface area contributed by atoms with Crippen LogP contribution in [-0.4, -0.2) is 25.8 Å². The van der Waals surface area contributed by atoms with Crippen molar-refractivity contribution in [2.45, 2.75) is 19.5 Å². The highest BCUT2D eigenvalue weighted by atomic mass is 32.1. The Morgan fingerprint density at radius 2 is 2.14 bits per heavy atom. The van der Waals surface area contributed by atoms with Crippen LogP contribution in [0, 0.1) is 10.1 Å². The number of nitro groups is 1. The van der Waals surface area contributed by atoms with E-state index >= 15 is 0 Å². The van der Waals surface area contributed by atoms with Crippen LogP contribution in [0.2, 0.25) is 0 Å². The Bertz CT molecular complexity index is 837. The van der Waals surface area contributed by atoms with Crippen molar-refractivity contribution >= 4 is 22.0 Å². The predicted octanol–water partition coefficient (Wildman–Crippen LogP) is 2.86. The van der Waals surface area contributed by atoms with Gasteiger partial charge in [0.2, 0.25) is 0 Å². The zero-order valence-electron chi connectivity index (χ0n) is 11.8. The van der Waals surface area contributed by atoms with Gasteiger partial charge in [-0.1, -0.05) is 23.5 Å². The van der Waals surface area contributed by atoms with Gasteiger partial charge in [-0.3, -0.25) is 19.4 Å². The largest absolute Gasteiger partial charge is 0.294 e. The Morgan fingerprint density at radius 1 is 1.32 bits per heavy atom. The van der Waals surface area contributed by atoms with Crippen molar-refractivity contribution in [2.75, 3.05) is 6.54 Å². The highest BCUT2D eigenvalue weighted by Gasteiger charge is 2.21. The molecule has 0 N–H and O–H groups in total. The number of fused-ring (bicyclic) bond motifs is 3. The topological polar surface area (TPSA) is 63.7 Å². The summed E-state index contributed by atoms with van der Waals surface area (Å²) in [7, 11) is 0. The third-order valence-corrected chi connectivity index (χ3v) is 5.12. The number of hydrogen-bond donors (Lipinski definition) is 0. The van der Waals surface area contributed by atoms with E-state index in [1.807, 2.05) is 24.5 Å². The molecule has 0 amide bonds. The highest BCUT2D eigenvalue weighted by Crippen LogP contribution is 2.28. The molecule has 112 valence electrons. The van der Waals surface area contributed by atoms with Gasteiger partial charge in [0.25, 0.3) is 5.69 Å². The summed E-state index contributed by atoms with van der Waals surface area (Å²) in [6, 6.07) is 6.83. The summed E-state index contributed by atoms with van der Waals surface area (Å²) in [5.74, 6) is 0. The van der Waals surface area contributed by atoms with Crippen LogP contribution < -0.4 is 0 Å². The van der Waals surface area contributed by atoms with E-state index < -0.39 is 0 Å². The predicted molar refractivity (Wildman–Crippen MR) is 84.0 cm³/mol. The normalized spacial score (nSPS) is 15.1. The average molecular weight is 314 g/mol. The third-order valence-electron chi connectivity index (χ3n) is 4.02. The molecule has 0 saturated heterocycles. The smallest absolute Gasteiger partial charge is 0.269 e. The Morgan fingerprint density at radius 3 is 2.91 bits per heavy atom. The van der Waals surface area contributed by atoms with Gasteiger partial charge in [-0.2, -0.15) is 0 Å². The zero-order chi connectivity index (χ0) is 15.1. The van der Waals surface area contributed by atoms with E-state index in [1.165, 1.54) is 10.6 Å². The second-order valence-corrected chi connectivity index (χ2v) is 6.50. The lowest BCUT2D eigenvalue weighted by molar-refractivity contribution is -0.384. The molecule has 0 bridgehead atoms. The summed E-state index contributed by atoms with van der Waals surface area (Å²) in [5.41, 5.74) is 2.62. The van der Waals surface area contributed by atoms with Gasteiger partial charge in [0.05, 0.1) is 4.92 Å². The van der Waals surface area contributed by atoms with Gasteiger partial charge in [0.1, 0.15) is 0 Å². The number of nitrogens with zero attached hydrogens (tertiary/aromatic N) is 4. The summed E-state index contributed by atoms with van der Waals surface area (Å²) in [5, 5.41) is 10.7. The standard InChI is InChI=1S/C15H14N4O2S/c20-19(21)12-3-1-11(2-4-12)9-17-7-5-13-14(10-17)22-15-16-6-8-18(13)15/h1-4,6,8H,5,7,9-10H2. The van der Waals surface area contributed by atoms with Crippen LogP contribution in [-0.2, 0) is 19.5 Å². The number of aromatic nitrogens is 2. The first-order valence-electron chi connectivity index (χ1n) is 7.10. The molecule has 7 heteroatoms. The number of nitro benzene ring substituents is 1. The van der Waals surface area contributed by atoms with Crippen molar-refractivity contribution in [3.8, 4) is 0 Å². The fourth-order valence-electron chi connectivity index (χ4n) is 2.92. The molecule has 3 heterocycles. The lowest BCUT2D eigenvalue weighted by atomic mass is 10.1. The number of non-ortho nitro benzene ring substituents is 1. The van der Waals surface area contributed by atoms with Gasteiger partial charge in [-0.05, 0) is 5.56 Å². The quantitative estimate of drug-likeness (QED) is 0.551. The van der Waals surface area contributed by atoms with Crippen molar-refractivity contribution in [3.63, 3.8) is 0 Å². The monoisotopic (exact) mass is 314 g/mol. The summed E-state index contributed by atoms with van der Waals surface area (Å²) in [6.07, 6.45) is 4.88. The van der Waals surface area contributed by atoms with Gasteiger partial charge in [-0.15, -0.1) is 0 Å². The molecule has 0 fully saturated rings. The Hall–Kier alpha value is -2.25. The summed E-state index contributed by atoms with van der Waals surface area (Å²) >= 11 is 1.75. The molecule has 4 rings (SSSR count). The molecule has 1 aromatic carbocycles. The van der Waals surface area contributed by atoms with Gasteiger partial charge < -0.3 is 0 Å². The lowest BCUT2D eigenvalue weighted by Crippen LogP contribution is -2.29. The minimum Gasteiger partial charge on any atom is -0.294 e. The maximum Gasteiger partial charge on any atom is 0.269 e. The third kappa shape index (κ3) is 2.28. The van der Waals surface area contributed by atoms with Crippen molar-refractivity contribution in [1.29, 1.82) is 0 Å². The van der Waals surface area contributed by atoms with Gasteiger partial charge >= 0.3 is 0 Å². The van der Waals surface area contributed by atoms with Crippen molar-refractivity contribution in [1.82, 2.24) is 14.3 Å². The SMILES string of the molecule is O=[N+]([O-])c1ccc(CN2CCc3c(sc4nccn34)C2)cc1.